The van der Waals surface area contributed by atoms with E-state index in [4.69, 9.17) is 4.74 Å². The molecule has 0 aliphatic carbocycles. The Hall–Kier alpha value is -1.36. The lowest BCUT2D eigenvalue weighted by molar-refractivity contribution is 0.298. The maximum absolute atomic E-state index is 12.3. The maximum atomic E-state index is 12.3. The van der Waals surface area contributed by atoms with Gasteiger partial charge >= 0.3 is 0 Å². The molecule has 2 aromatic rings. The fraction of sp³-hybridized carbons (Fsp3) is 0.429. The predicted molar refractivity (Wildman–Crippen MR) is 79.8 cm³/mol. The first kappa shape index (κ1) is 14.1. The molecule has 1 heterocycles. The van der Waals surface area contributed by atoms with Crippen molar-refractivity contribution in [2.45, 2.75) is 33.2 Å². The molecule has 0 aliphatic heterocycles. The van der Waals surface area contributed by atoms with Crippen LogP contribution < -0.4 is 10.3 Å². The Bertz CT molecular complexity index is 637. The van der Waals surface area contributed by atoms with Gasteiger partial charge in [0.2, 0.25) is 5.88 Å². The van der Waals surface area contributed by atoms with Crippen LogP contribution in [0.15, 0.2) is 27.5 Å². The van der Waals surface area contributed by atoms with E-state index in [1.165, 1.54) is 4.68 Å². The minimum atomic E-state index is -0.0676. The van der Waals surface area contributed by atoms with Crippen LogP contribution in [0.25, 0.3) is 10.8 Å². The molecule has 0 bridgehead atoms. The minimum absolute atomic E-state index is 0.0676. The Labute approximate surface area is 120 Å². The molecule has 0 atom stereocenters. The number of hydrogen-bond acceptors (Lipinski definition) is 3. The third-order valence-electron chi connectivity index (χ3n) is 2.77. The highest BCUT2D eigenvalue weighted by Gasteiger charge is 2.11. The van der Waals surface area contributed by atoms with Crippen LogP contribution in [0.1, 0.15) is 26.7 Å². The van der Waals surface area contributed by atoms with Gasteiger partial charge in [0.15, 0.2) is 0 Å². The zero-order valence-electron chi connectivity index (χ0n) is 11.1. The Morgan fingerprint density at radius 3 is 2.74 bits per heavy atom. The summed E-state index contributed by atoms with van der Waals surface area (Å²) in [4.78, 5) is 12.3. The Morgan fingerprint density at radius 2 is 2.05 bits per heavy atom. The highest BCUT2D eigenvalue weighted by atomic mass is 79.9. The van der Waals surface area contributed by atoms with Gasteiger partial charge < -0.3 is 4.74 Å². The average Bonchev–Trinajstić information content (AvgIpc) is 2.41. The van der Waals surface area contributed by atoms with Crippen LogP contribution in [-0.2, 0) is 6.54 Å². The topological polar surface area (TPSA) is 44.1 Å². The van der Waals surface area contributed by atoms with Crippen LogP contribution in [0.3, 0.4) is 0 Å². The summed E-state index contributed by atoms with van der Waals surface area (Å²) in [6, 6.07) is 5.59. The van der Waals surface area contributed by atoms with Gasteiger partial charge in [0.05, 0.1) is 17.4 Å². The summed E-state index contributed by atoms with van der Waals surface area (Å²) in [6.45, 7) is 5.26. The molecule has 19 heavy (non-hydrogen) atoms. The quantitative estimate of drug-likeness (QED) is 0.847. The number of rotatable bonds is 5. The minimum Gasteiger partial charge on any atom is -0.476 e. The molecule has 0 N–H and O–H groups in total. The van der Waals surface area contributed by atoms with Gasteiger partial charge in [-0.1, -0.05) is 29.8 Å². The number of nitrogens with zero attached hydrogens (tertiary/aromatic N) is 2. The molecule has 0 spiro atoms. The number of halogens is 1. The van der Waals surface area contributed by atoms with Crippen LogP contribution in [-0.4, -0.2) is 16.4 Å². The molecule has 0 unspecified atom stereocenters. The van der Waals surface area contributed by atoms with Gasteiger partial charge in [0, 0.05) is 11.0 Å². The van der Waals surface area contributed by atoms with Crippen LogP contribution in [0.2, 0.25) is 0 Å². The van der Waals surface area contributed by atoms with E-state index in [9.17, 15) is 4.79 Å². The van der Waals surface area contributed by atoms with E-state index in [1.54, 1.807) is 0 Å². The summed E-state index contributed by atoms with van der Waals surface area (Å²) in [5, 5.41) is 5.74. The number of aromatic nitrogens is 2. The van der Waals surface area contributed by atoms with E-state index in [-0.39, 0.29) is 5.56 Å². The number of ether oxygens (including phenoxy) is 1. The molecule has 5 heteroatoms. The first-order chi connectivity index (χ1) is 9.17. The van der Waals surface area contributed by atoms with Crippen molar-refractivity contribution >= 4 is 26.7 Å². The summed E-state index contributed by atoms with van der Waals surface area (Å²) in [6.07, 6.45) is 1.77. The second-order valence-corrected chi connectivity index (χ2v) is 5.29. The van der Waals surface area contributed by atoms with E-state index in [0.717, 1.165) is 22.7 Å². The van der Waals surface area contributed by atoms with E-state index in [1.807, 2.05) is 32.0 Å². The molecule has 2 rings (SSSR count). The number of aryl methyl sites for hydroxylation is 1. The summed E-state index contributed by atoms with van der Waals surface area (Å²) >= 11 is 3.40. The fourth-order valence-electron chi connectivity index (χ4n) is 1.90. The van der Waals surface area contributed by atoms with Gasteiger partial charge in [-0.2, -0.15) is 0 Å². The van der Waals surface area contributed by atoms with Crippen LogP contribution in [0.4, 0.5) is 0 Å². The zero-order chi connectivity index (χ0) is 13.8. The van der Waals surface area contributed by atoms with Crippen molar-refractivity contribution < 1.29 is 4.74 Å². The third-order valence-corrected chi connectivity index (χ3v) is 3.26. The standard InChI is InChI=1S/C14H17BrN2O2/c1-3-7-17-14(18)12-9-10(15)5-6-11(12)13(16-17)19-8-4-2/h5-6,9H,3-4,7-8H2,1-2H3. The van der Waals surface area contributed by atoms with Gasteiger partial charge in [-0.15, -0.1) is 5.10 Å². The third kappa shape index (κ3) is 2.97. The molecule has 0 amide bonds. The summed E-state index contributed by atoms with van der Waals surface area (Å²) in [5.41, 5.74) is -0.0676. The Morgan fingerprint density at radius 1 is 1.26 bits per heavy atom. The number of fused-ring (bicyclic) bond motifs is 1. The predicted octanol–water partition coefficient (Wildman–Crippen LogP) is 3.36. The molecular formula is C14H17BrN2O2. The lowest BCUT2D eigenvalue weighted by Crippen LogP contribution is -2.24. The molecule has 4 nitrogen and oxygen atoms in total. The highest BCUT2D eigenvalue weighted by molar-refractivity contribution is 9.10. The van der Waals surface area contributed by atoms with Gasteiger partial charge in [0.25, 0.3) is 5.56 Å². The van der Waals surface area contributed by atoms with Crippen molar-refractivity contribution in [3.8, 4) is 5.88 Å². The summed E-state index contributed by atoms with van der Waals surface area (Å²) in [7, 11) is 0. The second kappa shape index (κ2) is 6.19. The zero-order valence-corrected chi connectivity index (χ0v) is 12.7. The van der Waals surface area contributed by atoms with E-state index in [2.05, 4.69) is 21.0 Å². The smallest absolute Gasteiger partial charge is 0.274 e. The molecule has 102 valence electrons. The number of benzene rings is 1. The van der Waals surface area contributed by atoms with Crippen LogP contribution in [0.5, 0.6) is 5.88 Å². The normalized spacial score (nSPS) is 10.9. The number of hydrogen-bond donors (Lipinski definition) is 0. The van der Waals surface area contributed by atoms with Gasteiger partial charge in [-0.3, -0.25) is 4.79 Å². The van der Waals surface area contributed by atoms with Gasteiger partial charge in [-0.25, -0.2) is 4.68 Å². The van der Waals surface area contributed by atoms with E-state index >= 15 is 0 Å². The largest absolute Gasteiger partial charge is 0.476 e. The first-order valence-corrected chi connectivity index (χ1v) is 7.29. The van der Waals surface area contributed by atoms with E-state index < -0.39 is 0 Å². The lowest BCUT2D eigenvalue weighted by atomic mass is 10.2. The van der Waals surface area contributed by atoms with Crippen molar-refractivity contribution in [1.82, 2.24) is 9.78 Å². The molecule has 1 aromatic heterocycles. The second-order valence-electron chi connectivity index (χ2n) is 4.37. The van der Waals surface area contributed by atoms with Crippen molar-refractivity contribution in [2.75, 3.05) is 6.61 Å². The fourth-order valence-corrected chi connectivity index (χ4v) is 2.26. The van der Waals surface area contributed by atoms with Gasteiger partial charge in [0.1, 0.15) is 0 Å². The average molecular weight is 325 g/mol. The van der Waals surface area contributed by atoms with Crippen LogP contribution in [0, 0.1) is 0 Å². The van der Waals surface area contributed by atoms with Crippen LogP contribution >= 0.6 is 15.9 Å². The Balaban J connectivity index is 2.65. The Kier molecular flexibility index (Phi) is 4.58. The maximum Gasteiger partial charge on any atom is 0.274 e. The van der Waals surface area contributed by atoms with Crippen molar-refractivity contribution in [3.63, 3.8) is 0 Å². The molecule has 0 aliphatic rings. The molecule has 1 aromatic carbocycles. The van der Waals surface area contributed by atoms with Crippen molar-refractivity contribution in [1.29, 1.82) is 0 Å². The molecule has 0 fully saturated rings. The summed E-state index contributed by atoms with van der Waals surface area (Å²) < 4.78 is 8.03. The molecule has 0 radical (unpaired) electrons. The monoisotopic (exact) mass is 324 g/mol. The molecule has 0 saturated heterocycles. The lowest BCUT2D eigenvalue weighted by Gasteiger charge is -2.11. The van der Waals surface area contributed by atoms with Crippen molar-refractivity contribution in [2.24, 2.45) is 0 Å². The van der Waals surface area contributed by atoms with E-state index in [0.29, 0.717) is 24.4 Å². The van der Waals surface area contributed by atoms with Gasteiger partial charge in [-0.05, 0) is 31.0 Å². The molecular weight excluding hydrogens is 308 g/mol. The first-order valence-electron chi connectivity index (χ1n) is 6.50. The van der Waals surface area contributed by atoms with Crippen molar-refractivity contribution in [3.05, 3.63) is 33.0 Å². The SMILES string of the molecule is CCCOc1nn(CCC)c(=O)c2cc(Br)ccc12. The highest BCUT2D eigenvalue weighted by Crippen LogP contribution is 2.23. The summed E-state index contributed by atoms with van der Waals surface area (Å²) in [5.74, 6) is 0.539. The molecule has 0 saturated carbocycles.